The maximum atomic E-state index is 2.25. The first kappa shape index (κ1) is 22.4. The van der Waals surface area contributed by atoms with Crippen molar-refractivity contribution < 1.29 is 0 Å². The van der Waals surface area contributed by atoms with Gasteiger partial charge in [0.15, 0.2) is 0 Å². The van der Waals surface area contributed by atoms with Crippen LogP contribution in [0.5, 0.6) is 0 Å². The van der Waals surface area contributed by atoms with Crippen LogP contribution in [0, 0.1) is 13.8 Å². The van der Waals surface area contributed by atoms with Gasteiger partial charge in [-0.3, -0.25) is 0 Å². The van der Waals surface area contributed by atoms with E-state index in [1.165, 1.54) is 22.3 Å². The van der Waals surface area contributed by atoms with Gasteiger partial charge in [-0.2, -0.15) is 0 Å². The van der Waals surface area contributed by atoms with Crippen molar-refractivity contribution in [3.63, 3.8) is 0 Å². The van der Waals surface area contributed by atoms with Gasteiger partial charge >= 0.3 is 0 Å². The number of benzene rings is 1. The van der Waals surface area contributed by atoms with E-state index >= 15 is 0 Å². The summed E-state index contributed by atoms with van der Waals surface area (Å²) in [5, 5.41) is 0. The van der Waals surface area contributed by atoms with E-state index in [-0.39, 0.29) is 0 Å². The first-order chi connectivity index (χ1) is 8.70. The van der Waals surface area contributed by atoms with Gasteiger partial charge in [-0.05, 0) is 48.9 Å². The maximum Gasteiger partial charge on any atom is -0.0302 e. The predicted molar refractivity (Wildman–Crippen MR) is 88.7 cm³/mol. The fourth-order valence-electron chi connectivity index (χ4n) is 1.87. The summed E-state index contributed by atoms with van der Waals surface area (Å²) < 4.78 is 0. The maximum absolute atomic E-state index is 2.25. The molecule has 0 spiro atoms. The number of rotatable bonds is 2. The average molecular weight is 252 g/mol. The molecule has 0 saturated carbocycles. The Morgan fingerprint density at radius 1 is 0.722 bits per heavy atom. The van der Waals surface area contributed by atoms with Crippen LogP contribution in [0.2, 0.25) is 0 Å². The summed E-state index contributed by atoms with van der Waals surface area (Å²) in [5.74, 6) is 0. The summed E-state index contributed by atoms with van der Waals surface area (Å²) in [6.07, 6.45) is 2.31. The minimum atomic E-state index is 1.15. The Balaban J connectivity index is -0.000000328. The molecule has 1 aromatic carbocycles. The minimum absolute atomic E-state index is 1.15. The second-order valence-electron chi connectivity index (χ2n) is 3.35. The van der Waals surface area contributed by atoms with Crippen LogP contribution < -0.4 is 0 Å². The van der Waals surface area contributed by atoms with Gasteiger partial charge in [-0.25, -0.2) is 0 Å². The Kier molecular flexibility index (Phi) is 20.2. The molecule has 0 saturated heterocycles. The topological polar surface area (TPSA) is 0 Å². The van der Waals surface area contributed by atoms with Crippen LogP contribution in [0.1, 0.15) is 77.6 Å². The van der Waals surface area contributed by atoms with Crippen LogP contribution >= 0.6 is 0 Å². The fraction of sp³-hybridized carbons (Fsp3) is 0.667. The first-order valence-corrected chi connectivity index (χ1v) is 7.78. The lowest BCUT2D eigenvalue weighted by molar-refractivity contribution is 1.03. The monoisotopic (exact) mass is 252 g/mol. The van der Waals surface area contributed by atoms with Crippen LogP contribution in [0.15, 0.2) is 12.1 Å². The SMILES string of the molecule is CC.CC.CC.CCc1ccc(C)c(CC)c1C. The molecule has 0 radical (unpaired) electrons. The van der Waals surface area contributed by atoms with Gasteiger partial charge in [0.1, 0.15) is 0 Å². The Labute approximate surface area is 117 Å². The van der Waals surface area contributed by atoms with Crippen LogP contribution in [0.25, 0.3) is 0 Å². The summed E-state index contributed by atoms with van der Waals surface area (Å²) in [5.41, 5.74) is 5.97. The Morgan fingerprint density at radius 3 is 1.50 bits per heavy atom. The molecule has 18 heavy (non-hydrogen) atoms. The van der Waals surface area contributed by atoms with Crippen molar-refractivity contribution >= 4 is 0 Å². The predicted octanol–water partition coefficient (Wildman–Crippen LogP) is 6.51. The zero-order valence-corrected chi connectivity index (χ0v) is 14.6. The minimum Gasteiger partial charge on any atom is -0.0683 e. The highest BCUT2D eigenvalue weighted by Gasteiger charge is 2.03. The van der Waals surface area contributed by atoms with Crippen molar-refractivity contribution in [2.45, 2.75) is 82.1 Å². The second-order valence-corrected chi connectivity index (χ2v) is 3.35. The standard InChI is InChI=1S/C12H18.3C2H6/c1-5-11-8-7-9(3)12(6-2)10(11)4;3*1-2/h7-8H,5-6H2,1-4H3;3*1-2H3. The van der Waals surface area contributed by atoms with E-state index < -0.39 is 0 Å². The molecule has 108 valence electrons. The van der Waals surface area contributed by atoms with Crippen molar-refractivity contribution in [1.82, 2.24) is 0 Å². The lowest BCUT2D eigenvalue weighted by Crippen LogP contribution is -1.96. The third kappa shape index (κ3) is 7.53. The molecular formula is C18H36. The highest BCUT2D eigenvalue weighted by atomic mass is 14.1. The van der Waals surface area contributed by atoms with Crippen LogP contribution in [-0.4, -0.2) is 0 Å². The van der Waals surface area contributed by atoms with E-state index in [9.17, 15) is 0 Å². The van der Waals surface area contributed by atoms with E-state index in [0.29, 0.717) is 0 Å². The van der Waals surface area contributed by atoms with Crippen molar-refractivity contribution in [1.29, 1.82) is 0 Å². The zero-order valence-electron chi connectivity index (χ0n) is 14.6. The van der Waals surface area contributed by atoms with Gasteiger partial charge in [0.05, 0.1) is 0 Å². The molecule has 0 fully saturated rings. The lowest BCUT2D eigenvalue weighted by atomic mass is 9.95. The Hall–Kier alpha value is -0.780. The summed E-state index contributed by atoms with van der Waals surface area (Å²) >= 11 is 0. The van der Waals surface area contributed by atoms with Crippen molar-refractivity contribution in [2.75, 3.05) is 0 Å². The van der Waals surface area contributed by atoms with E-state index in [2.05, 4.69) is 39.8 Å². The van der Waals surface area contributed by atoms with Gasteiger partial charge in [0.2, 0.25) is 0 Å². The highest BCUT2D eigenvalue weighted by molar-refractivity contribution is 5.39. The molecule has 0 N–H and O–H groups in total. The molecule has 1 rings (SSSR count). The second kappa shape index (κ2) is 16.2. The quantitative estimate of drug-likeness (QED) is 0.563. The van der Waals surface area contributed by atoms with Crippen LogP contribution in [0.4, 0.5) is 0 Å². The lowest BCUT2D eigenvalue weighted by Gasteiger charge is -2.11. The molecule has 0 aliphatic carbocycles. The van der Waals surface area contributed by atoms with Crippen LogP contribution in [-0.2, 0) is 12.8 Å². The molecule has 0 bridgehead atoms. The fourth-order valence-corrected chi connectivity index (χ4v) is 1.87. The first-order valence-electron chi connectivity index (χ1n) is 7.78. The normalized spacial score (nSPS) is 7.89. The molecule has 0 unspecified atom stereocenters. The molecular weight excluding hydrogens is 216 g/mol. The molecule has 0 nitrogen and oxygen atoms in total. The van der Waals surface area contributed by atoms with Gasteiger partial charge in [0.25, 0.3) is 0 Å². The van der Waals surface area contributed by atoms with Crippen molar-refractivity contribution in [2.24, 2.45) is 0 Å². The average Bonchev–Trinajstić information content (AvgIpc) is 2.46. The summed E-state index contributed by atoms with van der Waals surface area (Å²) in [7, 11) is 0. The largest absolute Gasteiger partial charge is 0.0683 e. The van der Waals surface area contributed by atoms with Gasteiger partial charge in [-0.1, -0.05) is 67.5 Å². The van der Waals surface area contributed by atoms with Gasteiger partial charge in [0, 0.05) is 0 Å². The van der Waals surface area contributed by atoms with E-state index in [1.807, 2.05) is 41.5 Å². The molecule has 0 amide bonds. The molecule has 1 aromatic rings. The summed E-state index contributed by atoms with van der Waals surface area (Å²) in [4.78, 5) is 0. The summed E-state index contributed by atoms with van der Waals surface area (Å²) in [6.45, 7) is 20.9. The van der Waals surface area contributed by atoms with E-state index in [1.54, 1.807) is 0 Å². The van der Waals surface area contributed by atoms with E-state index in [4.69, 9.17) is 0 Å². The smallest absolute Gasteiger partial charge is 0.0302 e. The zero-order chi connectivity index (χ0) is 15.1. The molecule has 0 atom stereocenters. The van der Waals surface area contributed by atoms with E-state index in [0.717, 1.165) is 12.8 Å². The third-order valence-corrected chi connectivity index (χ3v) is 2.68. The third-order valence-electron chi connectivity index (χ3n) is 2.68. The molecule has 0 heterocycles. The Morgan fingerprint density at radius 2 is 1.17 bits per heavy atom. The number of aryl methyl sites for hydroxylation is 2. The molecule has 0 aliphatic rings. The summed E-state index contributed by atoms with van der Waals surface area (Å²) in [6, 6.07) is 4.49. The van der Waals surface area contributed by atoms with Gasteiger partial charge < -0.3 is 0 Å². The number of hydrogen-bond donors (Lipinski definition) is 0. The molecule has 0 heteroatoms. The molecule has 0 aliphatic heterocycles. The van der Waals surface area contributed by atoms with Crippen LogP contribution in [0.3, 0.4) is 0 Å². The van der Waals surface area contributed by atoms with Gasteiger partial charge in [-0.15, -0.1) is 0 Å². The molecule has 0 aromatic heterocycles. The Bertz CT molecular complexity index is 272. The highest BCUT2D eigenvalue weighted by Crippen LogP contribution is 2.18. The van der Waals surface area contributed by atoms with Crippen molar-refractivity contribution in [3.05, 3.63) is 34.4 Å². The number of hydrogen-bond acceptors (Lipinski definition) is 0. The van der Waals surface area contributed by atoms with Crippen molar-refractivity contribution in [3.8, 4) is 0 Å².